The zero-order valence-electron chi connectivity index (χ0n) is 11.4. The van der Waals surface area contributed by atoms with Gasteiger partial charge in [0.1, 0.15) is 0 Å². The van der Waals surface area contributed by atoms with Crippen LogP contribution in [0, 0.1) is 0 Å². The van der Waals surface area contributed by atoms with E-state index in [2.05, 4.69) is 19.0 Å². The molecule has 4 nitrogen and oxygen atoms in total. The lowest BCUT2D eigenvalue weighted by atomic mass is 10.2. The fourth-order valence-corrected chi connectivity index (χ4v) is 2.23. The van der Waals surface area contributed by atoms with E-state index in [-0.39, 0.29) is 0 Å². The molecule has 0 rings (SSSR count). The molecule has 0 saturated heterocycles. The summed E-state index contributed by atoms with van der Waals surface area (Å²) < 4.78 is 18.6. The number of hydrogen-bond acceptors (Lipinski definition) is 3. The average Bonchev–Trinajstić information content (AvgIpc) is 2.22. The van der Waals surface area contributed by atoms with Gasteiger partial charge in [-0.3, -0.25) is 4.57 Å². The Morgan fingerprint density at radius 2 is 1.50 bits per heavy atom. The Kier molecular flexibility index (Phi) is 8.29. The topological polar surface area (TPSA) is 32.8 Å². The van der Waals surface area contributed by atoms with Crippen LogP contribution in [0.3, 0.4) is 0 Å². The summed E-state index contributed by atoms with van der Waals surface area (Å²) in [5.41, 5.74) is 0. The third kappa shape index (κ3) is 7.39. The van der Waals surface area contributed by atoms with E-state index in [0.29, 0.717) is 0 Å². The van der Waals surface area contributed by atoms with E-state index >= 15 is 0 Å². The Morgan fingerprint density at radius 3 is 1.94 bits per heavy atom. The van der Waals surface area contributed by atoms with Crippen LogP contribution in [0.4, 0.5) is 0 Å². The molecule has 0 aromatic heterocycles. The van der Waals surface area contributed by atoms with Crippen molar-refractivity contribution in [1.29, 1.82) is 0 Å². The average molecular weight is 250 g/mol. The molecule has 0 fully saturated rings. The zero-order chi connectivity index (χ0) is 12.6. The molecule has 0 spiro atoms. The molecule has 1 unspecified atom stereocenters. The van der Waals surface area contributed by atoms with Crippen molar-refractivity contribution in [2.45, 2.75) is 25.7 Å². The van der Waals surface area contributed by atoms with Gasteiger partial charge in [-0.2, -0.15) is 0 Å². The maximum Gasteiger partial charge on any atom is 0.268 e. The highest BCUT2D eigenvalue weighted by atomic mass is 31.2. The van der Waals surface area contributed by atoms with Gasteiger partial charge in [0.05, 0.1) is 0 Å². The highest BCUT2D eigenvalue weighted by Crippen LogP contribution is 2.44. The minimum absolute atomic E-state index is 0.851. The second-order valence-corrected chi connectivity index (χ2v) is 7.24. The number of unbranched alkanes of at least 4 members (excludes halogenated alkanes) is 3. The van der Waals surface area contributed by atoms with Crippen LogP contribution in [0.1, 0.15) is 25.7 Å². The predicted molar refractivity (Wildman–Crippen MR) is 70.2 cm³/mol. The standard InChI is InChI=1S/C11H27N2O2P/c1-12(2)10-8-6-7-9-11-13(3)16(5,14)15-4/h6-11H2,1-5H3. The molecule has 0 aromatic carbocycles. The Balaban J connectivity index is 3.49. The van der Waals surface area contributed by atoms with Crippen molar-refractivity contribution in [3.63, 3.8) is 0 Å². The van der Waals surface area contributed by atoms with Gasteiger partial charge in [-0.25, -0.2) is 4.67 Å². The molecule has 1 atom stereocenters. The second-order valence-electron chi connectivity index (χ2n) is 4.58. The first-order valence-corrected chi connectivity index (χ1v) is 7.92. The molecule has 0 heterocycles. The lowest BCUT2D eigenvalue weighted by Gasteiger charge is -2.22. The second kappa shape index (κ2) is 8.24. The quantitative estimate of drug-likeness (QED) is 0.465. The summed E-state index contributed by atoms with van der Waals surface area (Å²) in [7, 11) is 5.06. The summed E-state index contributed by atoms with van der Waals surface area (Å²) in [5, 5.41) is 0. The summed E-state index contributed by atoms with van der Waals surface area (Å²) in [5.74, 6) is 0. The van der Waals surface area contributed by atoms with Crippen molar-refractivity contribution in [2.24, 2.45) is 0 Å². The van der Waals surface area contributed by atoms with E-state index < -0.39 is 7.52 Å². The summed E-state index contributed by atoms with van der Waals surface area (Å²) in [6.07, 6.45) is 4.77. The van der Waals surface area contributed by atoms with Gasteiger partial charge in [0, 0.05) is 20.3 Å². The summed E-state index contributed by atoms with van der Waals surface area (Å²) in [6.45, 7) is 3.67. The van der Waals surface area contributed by atoms with E-state index in [0.717, 1.165) is 19.5 Å². The van der Waals surface area contributed by atoms with Crippen molar-refractivity contribution >= 4 is 7.52 Å². The largest absolute Gasteiger partial charge is 0.321 e. The minimum atomic E-state index is -2.51. The first-order valence-electron chi connectivity index (χ1n) is 5.89. The van der Waals surface area contributed by atoms with Gasteiger partial charge in [0.15, 0.2) is 0 Å². The molecule has 0 aliphatic rings. The van der Waals surface area contributed by atoms with Crippen LogP contribution in [0.25, 0.3) is 0 Å². The lowest BCUT2D eigenvalue weighted by molar-refractivity contribution is 0.328. The molecule has 0 aliphatic carbocycles. The molecular weight excluding hydrogens is 223 g/mol. The van der Waals surface area contributed by atoms with Crippen molar-refractivity contribution in [3.05, 3.63) is 0 Å². The molecule has 0 aliphatic heterocycles. The highest BCUT2D eigenvalue weighted by Gasteiger charge is 2.19. The van der Waals surface area contributed by atoms with Crippen LogP contribution < -0.4 is 0 Å². The van der Waals surface area contributed by atoms with Gasteiger partial charge in [0.25, 0.3) is 7.52 Å². The van der Waals surface area contributed by atoms with Gasteiger partial charge < -0.3 is 9.42 Å². The third-order valence-electron chi connectivity index (χ3n) is 2.80. The summed E-state index contributed by atoms with van der Waals surface area (Å²) in [4.78, 5) is 2.21. The van der Waals surface area contributed by atoms with Crippen LogP contribution in [-0.2, 0) is 9.09 Å². The molecule has 0 amide bonds. The van der Waals surface area contributed by atoms with E-state index in [1.807, 2.05) is 11.7 Å². The Morgan fingerprint density at radius 1 is 1.00 bits per heavy atom. The van der Waals surface area contributed by atoms with E-state index in [1.54, 1.807) is 6.66 Å². The lowest BCUT2D eigenvalue weighted by Crippen LogP contribution is -2.17. The smallest absolute Gasteiger partial charge is 0.268 e. The molecular formula is C11H27N2O2P. The number of nitrogens with zero attached hydrogens (tertiary/aromatic N) is 2. The van der Waals surface area contributed by atoms with Gasteiger partial charge in [-0.1, -0.05) is 12.8 Å². The van der Waals surface area contributed by atoms with E-state index in [1.165, 1.54) is 26.4 Å². The first-order chi connectivity index (χ1) is 7.40. The molecule has 0 radical (unpaired) electrons. The summed E-state index contributed by atoms with van der Waals surface area (Å²) >= 11 is 0. The van der Waals surface area contributed by atoms with Crippen molar-refractivity contribution in [1.82, 2.24) is 9.57 Å². The molecule has 0 N–H and O–H groups in total. The zero-order valence-corrected chi connectivity index (χ0v) is 12.3. The Labute approximate surface area is 100 Å². The van der Waals surface area contributed by atoms with Gasteiger partial charge in [-0.05, 0) is 40.5 Å². The van der Waals surface area contributed by atoms with Crippen molar-refractivity contribution in [2.75, 3.05) is 48.0 Å². The predicted octanol–water partition coefficient (Wildman–Crippen LogP) is 2.51. The summed E-state index contributed by atoms with van der Waals surface area (Å²) in [6, 6.07) is 0. The molecule has 0 saturated carbocycles. The number of rotatable bonds is 9. The third-order valence-corrected chi connectivity index (χ3v) is 4.91. The van der Waals surface area contributed by atoms with Crippen LogP contribution in [0.15, 0.2) is 0 Å². The minimum Gasteiger partial charge on any atom is -0.321 e. The molecule has 16 heavy (non-hydrogen) atoms. The van der Waals surface area contributed by atoms with E-state index in [4.69, 9.17) is 4.52 Å². The van der Waals surface area contributed by atoms with Gasteiger partial charge >= 0.3 is 0 Å². The number of hydrogen-bond donors (Lipinski definition) is 0. The van der Waals surface area contributed by atoms with Crippen LogP contribution in [-0.4, -0.2) is 57.6 Å². The normalized spacial score (nSPS) is 15.7. The Bertz CT molecular complexity index is 222. The SMILES string of the molecule is COP(C)(=O)N(C)CCCCCCN(C)C. The Hall–Kier alpha value is 0.110. The van der Waals surface area contributed by atoms with Gasteiger partial charge in [-0.15, -0.1) is 0 Å². The molecule has 0 bridgehead atoms. The van der Waals surface area contributed by atoms with Gasteiger partial charge in [0.2, 0.25) is 0 Å². The van der Waals surface area contributed by atoms with Crippen LogP contribution in [0.2, 0.25) is 0 Å². The maximum atomic E-state index is 11.8. The maximum absolute atomic E-state index is 11.8. The van der Waals surface area contributed by atoms with Crippen molar-refractivity contribution < 1.29 is 9.09 Å². The van der Waals surface area contributed by atoms with Crippen LogP contribution in [0.5, 0.6) is 0 Å². The van der Waals surface area contributed by atoms with Crippen molar-refractivity contribution in [3.8, 4) is 0 Å². The first kappa shape index (κ1) is 16.1. The van der Waals surface area contributed by atoms with E-state index in [9.17, 15) is 4.57 Å². The fourth-order valence-electron chi connectivity index (χ4n) is 1.44. The van der Waals surface area contributed by atoms with Crippen LogP contribution >= 0.6 is 7.52 Å². The molecule has 0 aromatic rings. The molecule has 5 heteroatoms. The molecule has 98 valence electrons. The monoisotopic (exact) mass is 250 g/mol. The fraction of sp³-hybridized carbons (Fsp3) is 1.00. The highest BCUT2D eigenvalue weighted by molar-refractivity contribution is 7.55.